The molecule has 0 aromatic heterocycles. The number of likely N-dealkylation sites (tertiary alicyclic amines) is 1. The van der Waals surface area contributed by atoms with Crippen molar-refractivity contribution in [2.45, 2.75) is 44.3 Å². The topological polar surface area (TPSA) is 35.6 Å². The molecule has 1 saturated heterocycles. The molecule has 114 valence electrons. The molecule has 0 radical (unpaired) electrons. The lowest BCUT2D eigenvalue weighted by molar-refractivity contribution is 0.126. The van der Waals surface area contributed by atoms with Gasteiger partial charge in [-0.2, -0.15) is 0 Å². The Hall–Kier alpha value is -1.55. The number of amides is 2. The van der Waals surface area contributed by atoms with E-state index in [-0.39, 0.29) is 6.03 Å². The van der Waals surface area contributed by atoms with Crippen molar-refractivity contribution in [2.75, 3.05) is 20.1 Å². The van der Waals surface area contributed by atoms with E-state index in [1.165, 1.54) is 12.8 Å². The lowest BCUT2D eigenvalue weighted by Crippen LogP contribution is -2.51. The van der Waals surface area contributed by atoms with Gasteiger partial charge in [-0.05, 0) is 51.4 Å². The Kier molecular flexibility index (Phi) is 4.44. The minimum Gasteiger partial charge on any atom is -0.334 e. The van der Waals surface area contributed by atoms with Gasteiger partial charge in [-0.15, -0.1) is 0 Å². The quantitative estimate of drug-likeness (QED) is 0.923. The van der Waals surface area contributed by atoms with Crippen molar-refractivity contribution in [3.8, 4) is 0 Å². The summed E-state index contributed by atoms with van der Waals surface area (Å²) in [6.07, 6.45) is 4.55. The summed E-state index contributed by atoms with van der Waals surface area (Å²) in [6.45, 7) is 2.81. The Bertz CT molecular complexity index is 464. The van der Waals surface area contributed by atoms with Crippen molar-refractivity contribution < 1.29 is 4.79 Å². The summed E-state index contributed by atoms with van der Waals surface area (Å²) in [6, 6.07) is 11.2. The molecule has 1 heterocycles. The van der Waals surface area contributed by atoms with Gasteiger partial charge in [0.15, 0.2) is 0 Å². The summed E-state index contributed by atoms with van der Waals surface area (Å²) in [5.74, 6) is 0. The standard InChI is InChI=1S/C17H25N3O/c1-19-11-9-16(10-12-19)20(15-7-8-15)17(21)18-13-14-5-3-2-4-6-14/h2-6,15-16H,7-13H2,1H3,(H,18,21). The number of piperidine rings is 1. The zero-order chi connectivity index (χ0) is 14.7. The SMILES string of the molecule is CN1CCC(N(C(=O)NCc2ccccc2)C2CC2)CC1. The zero-order valence-electron chi connectivity index (χ0n) is 12.8. The van der Waals surface area contributed by atoms with E-state index in [9.17, 15) is 4.79 Å². The highest BCUT2D eigenvalue weighted by Crippen LogP contribution is 2.31. The molecule has 0 bridgehead atoms. The third-order valence-corrected chi connectivity index (χ3v) is 4.54. The molecule has 21 heavy (non-hydrogen) atoms. The molecule has 2 fully saturated rings. The smallest absolute Gasteiger partial charge is 0.318 e. The van der Waals surface area contributed by atoms with Gasteiger partial charge in [0, 0.05) is 18.6 Å². The van der Waals surface area contributed by atoms with Crippen LogP contribution in [0.25, 0.3) is 0 Å². The Morgan fingerprint density at radius 3 is 2.38 bits per heavy atom. The molecular formula is C17H25N3O. The Morgan fingerprint density at radius 1 is 1.14 bits per heavy atom. The second-order valence-electron chi connectivity index (χ2n) is 6.32. The van der Waals surface area contributed by atoms with E-state index in [0.29, 0.717) is 18.6 Å². The predicted octanol–water partition coefficient (Wildman–Crippen LogP) is 2.45. The number of rotatable bonds is 4. The summed E-state index contributed by atoms with van der Waals surface area (Å²) in [7, 11) is 2.16. The van der Waals surface area contributed by atoms with E-state index < -0.39 is 0 Å². The van der Waals surface area contributed by atoms with E-state index >= 15 is 0 Å². The van der Waals surface area contributed by atoms with Crippen LogP contribution in [-0.2, 0) is 6.54 Å². The average molecular weight is 287 g/mol. The van der Waals surface area contributed by atoms with Gasteiger partial charge >= 0.3 is 6.03 Å². The highest BCUT2D eigenvalue weighted by molar-refractivity contribution is 5.75. The van der Waals surface area contributed by atoms with Gasteiger partial charge in [0.25, 0.3) is 0 Å². The van der Waals surface area contributed by atoms with E-state index in [1.54, 1.807) is 0 Å². The Labute approximate surface area is 127 Å². The molecule has 1 aliphatic carbocycles. The highest BCUT2D eigenvalue weighted by atomic mass is 16.2. The van der Waals surface area contributed by atoms with Gasteiger partial charge in [-0.3, -0.25) is 0 Å². The first-order valence-electron chi connectivity index (χ1n) is 8.02. The summed E-state index contributed by atoms with van der Waals surface area (Å²) in [4.78, 5) is 17.1. The van der Waals surface area contributed by atoms with Crippen LogP contribution in [0.3, 0.4) is 0 Å². The molecule has 4 nitrogen and oxygen atoms in total. The van der Waals surface area contributed by atoms with Gasteiger partial charge in [0.1, 0.15) is 0 Å². The maximum Gasteiger partial charge on any atom is 0.318 e. The first-order valence-corrected chi connectivity index (χ1v) is 8.02. The summed E-state index contributed by atoms with van der Waals surface area (Å²) in [5.41, 5.74) is 1.16. The molecule has 0 unspecified atom stereocenters. The third kappa shape index (κ3) is 3.76. The molecule has 2 aliphatic rings. The van der Waals surface area contributed by atoms with Gasteiger partial charge in [0.05, 0.1) is 0 Å². The lowest BCUT2D eigenvalue weighted by atomic mass is 10.0. The maximum absolute atomic E-state index is 12.6. The van der Waals surface area contributed by atoms with Gasteiger partial charge in [-0.1, -0.05) is 30.3 Å². The number of urea groups is 1. The van der Waals surface area contributed by atoms with E-state index in [2.05, 4.69) is 34.3 Å². The molecule has 1 N–H and O–H groups in total. The van der Waals surface area contributed by atoms with Crippen LogP contribution >= 0.6 is 0 Å². The van der Waals surface area contributed by atoms with Crippen molar-refractivity contribution in [1.82, 2.24) is 15.1 Å². The Morgan fingerprint density at radius 2 is 1.76 bits per heavy atom. The molecule has 4 heteroatoms. The number of hydrogen-bond acceptors (Lipinski definition) is 2. The van der Waals surface area contributed by atoms with Crippen LogP contribution in [0.2, 0.25) is 0 Å². The zero-order valence-corrected chi connectivity index (χ0v) is 12.8. The third-order valence-electron chi connectivity index (χ3n) is 4.54. The molecule has 1 aliphatic heterocycles. The number of hydrogen-bond donors (Lipinski definition) is 1. The maximum atomic E-state index is 12.6. The predicted molar refractivity (Wildman–Crippen MR) is 84.1 cm³/mol. The van der Waals surface area contributed by atoms with Crippen molar-refractivity contribution in [3.63, 3.8) is 0 Å². The largest absolute Gasteiger partial charge is 0.334 e. The number of nitrogens with zero attached hydrogens (tertiary/aromatic N) is 2. The van der Waals surface area contributed by atoms with E-state index in [1.807, 2.05) is 18.2 Å². The van der Waals surface area contributed by atoms with E-state index in [4.69, 9.17) is 0 Å². The van der Waals surface area contributed by atoms with Crippen LogP contribution in [0.5, 0.6) is 0 Å². The Balaban J connectivity index is 1.57. The van der Waals surface area contributed by atoms with Gasteiger partial charge in [-0.25, -0.2) is 4.79 Å². The molecule has 0 atom stereocenters. The first kappa shape index (κ1) is 14.4. The molecule has 2 amide bonds. The van der Waals surface area contributed by atoms with E-state index in [0.717, 1.165) is 31.5 Å². The molecule has 3 rings (SSSR count). The number of nitrogens with one attached hydrogen (secondary N) is 1. The van der Waals surface area contributed by atoms with Crippen LogP contribution < -0.4 is 5.32 Å². The van der Waals surface area contributed by atoms with Gasteiger partial charge < -0.3 is 15.1 Å². The molecule has 0 spiro atoms. The highest BCUT2D eigenvalue weighted by Gasteiger charge is 2.38. The second-order valence-corrected chi connectivity index (χ2v) is 6.32. The number of carbonyl (C=O) groups excluding carboxylic acids is 1. The average Bonchev–Trinajstić information content (AvgIpc) is 3.33. The summed E-state index contributed by atoms with van der Waals surface area (Å²) in [5, 5.41) is 3.10. The summed E-state index contributed by atoms with van der Waals surface area (Å²) >= 11 is 0. The second kappa shape index (κ2) is 6.48. The number of carbonyl (C=O) groups is 1. The first-order chi connectivity index (χ1) is 10.2. The minimum atomic E-state index is 0.121. The molecular weight excluding hydrogens is 262 g/mol. The molecule has 1 saturated carbocycles. The summed E-state index contributed by atoms with van der Waals surface area (Å²) < 4.78 is 0. The van der Waals surface area contributed by atoms with Crippen molar-refractivity contribution in [1.29, 1.82) is 0 Å². The van der Waals surface area contributed by atoms with Crippen LogP contribution in [0.1, 0.15) is 31.2 Å². The number of benzene rings is 1. The van der Waals surface area contributed by atoms with Crippen LogP contribution in [0, 0.1) is 0 Å². The molecule has 1 aromatic carbocycles. The fraction of sp³-hybridized carbons (Fsp3) is 0.588. The fourth-order valence-electron chi connectivity index (χ4n) is 3.12. The van der Waals surface area contributed by atoms with Crippen LogP contribution in [0.15, 0.2) is 30.3 Å². The fourth-order valence-corrected chi connectivity index (χ4v) is 3.12. The normalized spacial score (nSPS) is 20.2. The van der Waals surface area contributed by atoms with Crippen LogP contribution in [-0.4, -0.2) is 48.1 Å². The van der Waals surface area contributed by atoms with Crippen LogP contribution in [0.4, 0.5) is 4.79 Å². The van der Waals surface area contributed by atoms with Crippen molar-refractivity contribution >= 4 is 6.03 Å². The van der Waals surface area contributed by atoms with Crippen molar-refractivity contribution in [3.05, 3.63) is 35.9 Å². The minimum absolute atomic E-state index is 0.121. The van der Waals surface area contributed by atoms with Crippen molar-refractivity contribution in [2.24, 2.45) is 0 Å². The molecule has 1 aromatic rings. The lowest BCUT2D eigenvalue weighted by Gasteiger charge is -2.37. The monoisotopic (exact) mass is 287 g/mol. The van der Waals surface area contributed by atoms with Gasteiger partial charge in [0.2, 0.25) is 0 Å².